The van der Waals surface area contributed by atoms with Crippen LogP contribution >= 0.6 is 22.6 Å². The average molecular weight is 374 g/mol. The molecule has 0 saturated heterocycles. The molecule has 0 spiro atoms. The second kappa shape index (κ2) is 5.94. The standard InChI is InChI=1S/C14H13F2IN2/c1-8-3-2-4-10(13(8)17)14(19-18)11-7-9(15)5-6-12(11)16/h2-7,14,19H,18H2,1H3. The molecule has 0 amide bonds. The first-order valence-corrected chi connectivity index (χ1v) is 6.78. The van der Waals surface area contributed by atoms with E-state index >= 15 is 0 Å². The van der Waals surface area contributed by atoms with E-state index in [1.54, 1.807) is 0 Å². The largest absolute Gasteiger partial charge is 0.271 e. The minimum atomic E-state index is -0.581. The second-order valence-corrected chi connectivity index (χ2v) is 5.32. The smallest absolute Gasteiger partial charge is 0.128 e. The summed E-state index contributed by atoms with van der Waals surface area (Å²) in [6.07, 6.45) is 0. The molecule has 0 fully saturated rings. The molecule has 2 aromatic carbocycles. The summed E-state index contributed by atoms with van der Waals surface area (Å²) in [5, 5.41) is 0. The van der Waals surface area contributed by atoms with Gasteiger partial charge in [0.1, 0.15) is 11.6 Å². The van der Waals surface area contributed by atoms with Gasteiger partial charge in [-0.3, -0.25) is 5.84 Å². The fourth-order valence-electron chi connectivity index (χ4n) is 1.98. The number of halogens is 3. The van der Waals surface area contributed by atoms with E-state index in [0.717, 1.165) is 32.9 Å². The summed E-state index contributed by atoms with van der Waals surface area (Å²) in [5.41, 5.74) is 4.65. The van der Waals surface area contributed by atoms with Crippen LogP contribution in [0.3, 0.4) is 0 Å². The predicted molar refractivity (Wildman–Crippen MR) is 79.4 cm³/mol. The van der Waals surface area contributed by atoms with Crippen LogP contribution < -0.4 is 11.3 Å². The Morgan fingerprint density at radius 2 is 1.89 bits per heavy atom. The molecule has 0 aliphatic heterocycles. The van der Waals surface area contributed by atoms with Gasteiger partial charge in [-0.15, -0.1) is 0 Å². The Balaban J connectivity index is 2.56. The van der Waals surface area contributed by atoms with Crippen LogP contribution in [0, 0.1) is 22.1 Å². The quantitative estimate of drug-likeness (QED) is 0.491. The highest BCUT2D eigenvalue weighted by atomic mass is 127. The van der Waals surface area contributed by atoms with E-state index < -0.39 is 17.7 Å². The molecule has 19 heavy (non-hydrogen) atoms. The zero-order valence-electron chi connectivity index (χ0n) is 10.3. The number of hydrogen-bond acceptors (Lipinski definition) is 2. The van der Waals surface area contributed by atoms with Crippen molar-refractivity contribution in [2.24, 2.45) is 5.84 Å². The third kappa shape index (κ3) is 2.93. The number of hydrazine groups is 1. The first kappa shape index (κ1) is 14.4. The molecule has 0 aliphatic carbocycles. The van der Waals surface area contributed by atoms with E-state index in [1.165, 1.54) is 0 Å². The molecule has 1 atom stereocenters. The zero-order chi connectivity index (χ0) is 14.0. The lowest BCUT2D eigenvalue weighted by molar-refractivity contribution is 0.544. The molecule has 0 heterocycles. The second-order valence-electron chi connectivity index (χ2n) is 4.24. The Kier molecular flexibility index (Phi) is 4.49. The van der Waals surface area contributed by atoms with E-state index in [-0.39, 0.29) is 5.56 Å². The van der Waals surface area contributed by atoms with Gasteiger partial charge in [-0.05, 0) is 58.8 Å². The van der Waals surface area contributed by atoms with Crippen molar-refractivity contribution in [3.8, 4) is 0 Å². The lowest BCUT2D eigenvalue weighted by atomic mass is 9.97. The number of benzene rings is 2. The maximum absolute atomic E-state index is 13.9. The van der Waals surface area contributed by atoms with Crippen LogP contribution in [0.25, 0.3) is 0 Å². The molecular formula is C14H13F2IN2. The SMILES string of the molecule is Cc1cccc(C(NN)c2cc(F)ccc2F)c1I. The molecule has 2 rings (SSSR count). The third-order valence-electron chi connectivity index (χ3n) is 2.97. The Hall–Kier alpha value is -1.05. The van der Waals surface area contributed by atoms with E-state index in [2.05, 4.69) is 28.0 Å². The van der Waals surface area contributed by atoms with Crippen molar-refractivity contribution in [1.82, 2.24) is 5.43 Å². The van der Waals surface area contributed by atoms with Crippen LogP contribution in [0.4, 0.5) is 8.78 Å². The van der Waals surface area contributed by atoms with Gasteiger partial charge in [0, 0.05) is 9.13 Å². The number of aryl methyl sites for hydroxylation is 1. The van der Waals surface area contributed by atoms with Crippen LogP contribution in [0.15, 0.2) is 36.4 Å². The van der Waals surface area contributed by atoms with Crippen LogP contribution in [0.1, 0.15) is 22.7 Å². The minimum absolute atomic E-state index is 0.200. The molecule has 3 N–H and O–H groups in total. The van der Waals surface area contributed by atoms with Gasteiger partial charge >= 0.3 is 0 Å². The molecule has 0 aliphatic rings. The van der Waals surface area contributed by atoms with Crippen LogP contribution in [-0.2, 0) is 0 Å². The molecule has 1 unspecified atom stereocenters. The van der Waals surface area contributed by atoms with Crippen LogP contribution in [0.2, 0.25) is 0 Å². The van der Waals surface area contributed by atoms with Gasteiger partial charge in [0.25, 0.3) is 0 Å². The van der Waals surface area contributed by atoms with Gasteiger partial charge in [0.15, 0.2) is 0 Å². The van der Waals surface area contributed by atoms with Crippen LogP contribution in [0.5, 0.6) is 0 Å². The third-order valence-corrected chi connectivity index (χ3v) is 4.44. The van der Waals surface area contributed by atoms with E-state index in [4.69, 9.17) is 5.84 Å². The van der Waals surface area contributed by atoms with Crippen LogP contribution in [-0.4, -0.2) is 0 Å². The van der Waals surface area contributed by atoms with Gasteiger partial charge in [-0.1, -0.05) is 18.2 Å². The molecule has 5 heteroatoms. The number of nitrogens with one attached hydrogen (secondary N) is 1. The highest BCUT2D eigenvalue weighted by Gasteiger charge is 2.20. The molecule has 2 nitrogen and oxygen atoms in total. The van der Waals surface area contributed by atoms with Crippen molar-refractivity contribution < 1.29 is 8.78 Å². The highest BCUT2D eigenvalue weighted by Crippen LogP contribution is 2.29. The summed E-state index contributed by atoms with van der Waals surface area (Å²) in [6, 6.07) is 8.46. The summed E-state index contributed by atoms with van der Waals surface area (Å²) in [6.45, 7) is 1.96. The topological polar surface area (TPSA) is 38.0 Å². The highest BCUT2D eigenvalue weighted by molar-refractivity contribution is 14.1. The van der Waals surface area contributed by atoms with Crippen molar-refractivity contribution in [1.29, 1.82) is 0 Å². The van der Waals surface area contributed by atoms with Crippen molar-refractivity contribution in [3.05, 3.63) is 68.3 Å². The van der Waals surface area contributed by atoms with Gasteiger partial charge in [0.05, 0.1) is 6.04 Å². The van der Waals surface area contributed by atoms with E-state index in [0.29, 0.717) is 0 Å². The summed E-state index contributed by atoms with van der Waals surface area (Å²) in [4.78, 5) is 0. The van der Waals surface area contributed by atoms with Crippen molar-refractivity contribution >= 4 is 22.6 Å². The van der Waals surface area contributed by atoms with E-state index in [1.807, 2.05) is 25.1 Å². The lowest BCUT2D eigenvalue weighted by Crippen LogP contribution is -2.30. The summed E-state index contributed by atoms with van der Waals surface area (Å²) >= 11 is 2.18. The van der Waals surface area contributed by atoms with Gasteiger partial charge in [-0.2, -0.15) is 0 Å². The Morgan fingerprint density at radius 1 is 1.16 bits per heavy atom. The van der Waals surface area contributed by atoms with Gasteiger partial charge < -0.3 is 0 Å². The summed E-state index contributed by atoms with van der Waals surface area (Å²) in [5.74, 6) is 4.56. The molecular weight excluding hydrogens is 361 g/mol. The van der Waals surface area contributed by atoms with Gasteiger partial charge in [0.2, 0.25) is 0 Å². The molecule has 0 saturated carbocycles. The molecule has 0 bridgehead atoms. The number of hydrogen-bond donors (Lipinski definition) is 2. The monoisotopic (exact) mass is 374 g/mol. The number of nitrogens with two attached hydrogens (primary N) is 1. The first-order chi connectivity index (χ1) is 9.04. The van der Waals surface area contributed by atoms with Gasteiger partial charge in [-0.25, -0.2) is 14.2 Å². The maximum atomic E-state index is 13.9. The normalized spacial score (nSPS) is 12.5. The summed E-state index contributed by atoms with van der Waals surface area (Å²) < 4.78 is 28.1. The maximum Gasteiger partial charge on any atom is 0.128 e. The predicted octanol–water partition coefficient (Wildman–Crippen LogP) is 3.43. The zero-order valence-corrected chi connectivity index (χ0v) is 12.4. The first-order valence-electron chi connectivity index (χ1n) is 5.70. The Morgan fingerprint density at radius 3 is 2.58 bits per heavy atom. The Labute approximate surface area is 124 Å². The fraction of sp³-hybridized carbons (Fsp3) is 0.143. The van der Waals surface area contributed by atoms with Crippen molar-refractivity contribution in [3.63, 3.8) is 0 Å². The molecule has 0 aromatic heterocycles. The minimum Gasteiger partial charge on any atom is -0.271 e. The summed E-state index contributed by atoms with van der Waals surface area (Å²) in [7, 11) is 0. The van der Waals surface area contributed by atoms with Crippen molar-refractivity contribution in [2.45, 2.75) is 13.0 Å². The van der Waals surface area contributed by atoms with Crippen molar-refractivity contribution in [2.75, 3.05) is 0 Å². The number of rotatable bonds is 3. The Bertz CT molecular complexity index is 600. The molecule has 0 radical (unpaired) electrons. The molecule has 100 valence electrons. The molecule has 2 aromatic rings. The lowest BCUT2D eigenvalue weighted by Gasteiger charge is -2.20. The van der Waals surface area contributed by atoms with E-state index in [9.17, 15) is 8.78 Å². The fourth-order valence-corrected chi connectivity index (χ4v) is 2.65. The average Bonchev–Trinajstić information content (AvgIpc) is 2.39.